The van der Waals surface area contributed by atoms with Gasteiger partial charge in [-0.3, -0.25) is 0 Å². The molecule has 4 nitrogen and oxygen atoms in total. The van der Waals surface area contributed by atoms with E-state index in [1.54, 1.807) is 17.6 Å². The monoisotopic (exact) mass is 271 g/mol. The van der Waals surface area contributed by atoms with Crippen molar-refractivity contribution in [1.82, 2.24) is 4.57 Å². The second kappa shape index (κ2) is 4.85. The number of furan rings is 1. The zero-order valence-corrected chi connectivity index (χ0v) is 11.5. The van der Waals surface area contributed by atoms with Crippen molar-refractivity contribution in [3.63, 3.8) is 0 Å². The van der Waals surface area contributed by atoms with Crippen molar-refractivity contribution in [2.75, 3.05) is 0 Å². The number of rotatable bonds is 2. The van der Waals surface area contributed by atoms with Gasteiger partial charge in [0.05, 0.1) is 16.5 Å². The maximum absolute atomic E-state index is 5.28. The van der Waals surface area contributed by atoms with Crippen LogP contribution in [0.2, 0.25) is 0 Å². The molecule has 0 atom stereocenters. The highest BCUT2D eigenvalue weighted by molar-refractivity contribution is 7.16. The largest absolute Gasteiger partial charge is 0.463 e. The minimum Gasteiger partial charge on any atom is -0.463 e. The van der Waals surface area contributed by atoms with Crippen LogP contribution in [0.1, 0.15) is 12.7 Å². The van der Waals surface area contributed by atoms with Crippen molar-refractivity contribution in [2.24, 2.45) is 17.3 Å². The first-order valence-electron chi connectivity index (χ1n) is 5.92. The summed E-state index contributed by atoms with van der Waals surface area (Å²) in [5.74, 6) is 0.743. The zero-order valence-electron chi connectivity index (χ0n) is 10.7. The minimum absolute atomic E-state index is 0.743. The molecule has 2 aromatic heterocycles. The predicted octanol–water partition coefficient (Wildman–Crippen LogP) is 3.16. The number of nitrogens with zero attached hydrogens (tertiary/aromatic N) is 3. The molecule has 0 bridgehead atoms. The zero-order chi connectivity index (χ0) is 13.2. The van der Waals surface area contributed by atoms with Gasteiger partial charge in [-0.15, -0.1) is 10.2 Å². The molecule has 0 amide bonds. The maximum atomic E-state index is 5.28. The smallest absolute Gasteiger partial charge is 0.211 e. The summed E-state index contributed by atoms with van der Waals surface area (Å²) in [4.78, 5) is 0.868. The number of para-hydroxylation sites is 1. The van der Waals surface area contributed by atoms with Crippen LogP contribution in [0.4, 0.5) is 0 Å². The molecule has 0 radical (unpaired) electrons. The Bertz CT molecular complexity index is 794. The van der Waals surface area contributed by atoms with E-state index < -0.39 is 0 Å². The van der Waals surface area contributed by atoms with E-state index in [1.807, 2.05) is 42.8 Å². The van der Waals surface area contributed by atoms with Crippen molar-refractivity contribution in [3.8, 4) is 0 Å². The Hall–Kier alpha value is -2.14. The van der Waals surface area contributed by atoms with Crippen LogP contribution in [0, 0.1) is 0 Å². The Morgan fingerprint density at radius 3 is 2.79 bits per heavy atom. The third-order valence-corrected chi connectivity index (χ3v) is 3.98. The average molecular weight is 271 g/mol. The summed E-state index contributed by atoms with van der Waals surface area (Å²) < 4.78 is 8.52. The number of fused-ring (bicyclic) bond motifs is 1. The minimum atomic E-state index is 0.743. The molecular formula is C14H13N3OS. The molecule has 96 valence electrons. The van der Waals surface area contributed by atoms with Crippen LogP contribution in [0.15, 0.2) is 57.3 Å². The third-order valence-electron chi connectivity index (χ3n) is 2.88. The molecule has 3 rings (SSSR count). The van der Waals surface area contributed by atoms with Gasteiger partial charge >= 0.3 is 0 Å². The van der Waals surface area contributed by atoms with Crippen LogP contribution in [-0.2, 0) is 7.05 Å². The molecule has 0 aliphatic rings. The van der Waals surface area contributed by atoms with Crippen LogP contribution in [0.5, 0.6) is 0 Å². The second-order valence-corrected chi connectivity index (χ2v) is 5.18. The third kappa shape index (κ3) is 2.24. The summed E-state index contributed by atoms with van der Waals surface area (Å²) >= 11 is 1.62. The summed E-state index contributed by atoms with van der Waals surface area (Å²) in [5.41, 5.74) is 1.93. The fourth-order valence-corrected chi connectivity index (χ4v) is 2.80. The van der Waals surface area contributed by atoms with Crippen LogP contribution in [-0.4, -0.2) is 10.3 Å². The first-order chi connectivity index (χ1) is 9.25. The number of aryl methyl sites for hydroxylation is 1. The lowest BCUT2D eigenvalue weighted by Gasteiger charge is -1.93. The van der Waals surface area contributed by atoms with Gasteiger partial charge in [0, 0.05) is 7.05 Å². The summed E-state index contributed by atoms with van der Waals surface area (Å²) in [6.45, 7) is 1.88. The van der Waals surface area contributed by atoms with Crippen molar-refractivity contribution in [2.45, 2.75) is 6.92 Å². The summed E-state index contributed by atoms with van der Waals surface area (Å²) in [6, 6.07) is 11.9. The topological polar surface area (TPSA) is 42.8 Å². The summed E-state index contributed by atoms with van der Waals surface area (Å²) in [5, 5.41) is 8.54. The maximum Gasteiger partial charge on any atom is 0.211 e. The Morgan fingerprint density at radius 2 is 2.05 bits per heavy atom. The summed E-state index contributed by atoms with van der Waals surface area (Å²) in [6.07, 6.45) is 1.63. The molecule has 0 aliphatic heterocycles. The van der Waals surface area contributed by atoms with Gasteiger partial charge in [0.15, 0.2) is 0 Å². The fourth-order valence-electron chi connectivity index (χ4n) is 1.83. The molecule has 0 saturated carbocycles. The molecule has 0 aliphatic carbocycles. The van der Waals surface area contributed by atoms with Gasteiger partial charge in [-0.1, -0.05) is 23.5 Å². The molecule has 19 heavy (non-hydrogen) atoms. The predicted molar refractivity (Wildman–Crippen MR) is 77.3 cm³/mol. The molecule has 3 aromatic rings. The molecule has 5 heteroatoms. The standard InChI is InChI=1S/C14H13N3OS/c1-10(12-7-5-9-18-12)15-16-14-17(2)11-6-3-4-8-13(11)19-14/h3-9H,1-2H3/b15-10+,16-14-. The van der Waals surface area contributed by atoms with Crippen molar-refractivity contribution < 1.29 is 4.42 Å². The van der Waals surface area contributed by atoms with Gasteiger partial charge in [0.2, 0.25) is 4.80 Å². The number of hydrogen-bond donors (Lipinski definition) is 0. The van der Waals surface area contributed by atoms with Crippen LogP contribution < -0.4 is 4.80 Å². The van der Waals surface area contributed by atoms with E-state index in [4.69, 9.17) is 4.42 Å². The Morgan fingerprint density at radius 1 is 1.21 bits per heavy atom. The molecule has 2 heterocycles. The first-order valence-corrected chi connectivity index (χ1v) is 6.74. The number of aromatic nitrogens is 1. The van der Waals surface area contributed by atoms with Gasteiger partial charge in [0.25, 0.3) is 0 Å². The highest BCUT2D eigenvalue weighted by atomic mass is 32.1. The average Bonchev–Trinajstić information content (AvgIpc) is 3.05. The van der Waals surface area contributed by atoms with Gasteiger partial charge in [-0.25, -0.2) is 0 Å². The first kappa shape index (κ1) is 11.9. The summed E-state index contributed by atoms with van der Waals surface area (Å²) in [7, 11) is 2.00. The van der Waals surface area contributed by atoms with E-state index in [0.29, 0.717) is 0 Å². The lowest BCUT2D eigenvalue weighted by molar-refractivity contribution is 0.557. The second-order valence-electron chi connectivity index (χ2n) is 4.17. The fraction of sp³-hybridized carbons (Fsp3) is 0.143. The van der Waals surface area contributed by atoms with Gasteiger partial charge in [0.1, 0.15) is 11.5 Å². The molecule has 0 N–H and O–H groups in total. The Labute approximate surface area is 114 Å². The lowest BCUT2D eigenvalue weighted by atomic mass is 10.3. The van der Waals surface area contributed by atoms with Crippen molar-refractivity contribution in [1.29, 1.82) is 0 Å². The van der Waals surface area contributed by atoms with Crippen molar-refractivity contribution >= 4 is 27.3 Å². The van der Waals surface area contributed by atoms with E-state index in [-0.39, 0.29) is 0 Å². The van der Waals surface area contributed by atoms with Crippen LogP contribution in [0.3, 0.4) is 0 Å². The normalized spacial score (nSPS) is 13.4. The molecule has 0 spiro atoms. The molecular weight excluding hydrogens is 258 g/mol. The van der Waals surface area contributed by atoms with Crippen LogP contribution in [0.25, 0.3) is 10.2 Å². The SMILES string of the molecule is C/C(=N\N=c1/sc2ccccc2n1C)c1ccco1. The Kier molecular flexibility index (Phi) is 3.05. The molecule has 1 aromatic carbocycles. The van der Waals surface area contributed by atoms with E-state index in [0.717, 1.165) is 21.8 Å². The Balaban J connectivity index is 2.07. The van der Waals surface area contributed by atoms with Gasteiger partial charge in [-0.2, -0.15) is 0 Å². The lowest BCUT2D eigenvalue weighted by Crippen LogP contribution is -2.09. The van der Waals surface area contributed by atoms with E-state index in [2.05, 4.69) is 22.3 Å². The van der Waals surface area contributed by atoms with Gasteiger partial charge < -0.3 is 8.98 Å². The van der Waals surface area contributed by atoms with Crippen molar-refractivity contribution in [3.05, 3.63) is 53.2 Å². The van der Waals surface area contributed by atoms with Crippen LogP contribution >= 0.6 is 11.3 Å². The molecule has 0 saturated heterocycles. The van der Waals surface area contributed by atoms with E-state index in [1.165, 1.54) is 4.70 Å². The highest BCUT2D eigenvalue weighted by Gasteiger charge is 2.02. The number of hydrogen-bond acceptors (Lipinski definition) is 4. The van der Waals surface area contributed by atoms with Gasteiger partial charge in [-0.05, 0) is 31.2 Å². The molecule has 0 unspecified atom stereocenters. The number of benzene rings is 1. The number of thiazole rings is 1. The highest BCUT2D eigenvalue weighted by Crippen LogP contribution is 2.15. The quantitative estimate of drug-likeness (QED) is 0.521. The van der Waals surface area contributed by atoms with E-state index in [9.17, 15) is 0 Å². The van der Waals surface area contributed by atoms with E-state index >= 15 is 0 Å². The molecule has 0 fully saturated rings.